The lowest BCUT2D eigenvalue weighted by atomic mass is 9.51. The molecule has 1 heterocycles. The molecule has 1 N–H and O–H groups in total. The van der Waals surface area contributed by atoms with E-state index in [1.807, 2.05) is 0 Å². The molecule has 1 spiro atoms. The van der Waals surface area contributed by atoms with Gasteiger partial charge in [-0.25, -0.2) is 0 Å². The number of fused-ring (bicyclic) bond motifs is 5. The van der Waals surface area contributed by atoms with Crippen LogP contribution in [0, 0.1) is 34.0 Å². The van der Waals surface area contributed by atoms with Crippen LogP contribution in [0.3, 0.4) is 0 Å². The van der Waals surface area contributed by atoms with Crippen LogP contribution < -0.4 is 0 Å². The minimum atomic E-state index is -1.17. The van der Waals surface area contributed by atoms with Crippen LogP contribution in [0.15, 0.2) is 23.3 Å². The number of hydrogen-bond donors (Lipinski definition) is 1. The van der Waals surface area contributed by atoms with Gasteiger partial charge in [-0.05, 0) is 43.9 Å². The smallest absolute Gasteiger partial charge is 0.172 e. The molecule has 0 aromatic rings. The highest BCUT2D eigenvalue weighted by Crippen LogP contribution is 2.65. The zero-order valence-electron chi connectivity index (χ0n) is 15.9. The average Bonchev–Trinajstić information content (AvgIpc) is 3.19. The Hall–Kier alpha value is -1.15. The molecule has 4 heteroatoms. The molecule has 5 aliphatic rings. The van der Waals surface area contributed by atoms with Gasteiger partial charge in [0.2, 0.25) is 0 Å². The van der Waals surface area contributed by atoms with Crippen molar-refractivity contribution in [1.82, 2.24) is 0 Å². The number of allylic oxidation sites excluding steroid dienone is 3. The van der Waals surface area contributed by atoms with Gasteiger partial charge in [-0.3, -0.25) is 0 Å². The highest BCUT2D eigenvalue weighted by atomic mass is 16.7. The summed E-state index contributed by atoms with van der Waals surface area (Å²) in [6.07, 6.45) is 11.1. The minimum absolute atomic E-state index is 0.0954. The largest absolute Gasteiger partial charge is 0.375 e. The maximum atomic E-state index is 10.9. The van der Waals surface area contributed by atoms with Crippen molar-refractivity contribution in [3.05, 3.63) is 23.3 Å². The number of nitriles is 1. The van der Waals surface area contributed by atoms with E-state index in [0.29, 0.717) is 31.5 Å². The van der Waals surface area contributed by atoms with Crippen LogP contribution in [0.4, 0.5) is 0 Å². The maximum Gasteiger partial charge on any atom is 0.172 e. The fourth-order valence-corrected chi connectivity index (χ4v) is 6.85. The highest BCUT2D eigenvalue weighted by molar-refractivity contribution is 5.41. The van der Waals surface area contributed by atoms with Gasteiger partial charge in [0.15, 0.2) is 11.4 Å². The molecule has 26 heavy (non-hydrogen) atoms. The SMILES string of the molecule is C[C@]12CCC3(CC1=CCC1C2=CC[C@@]2(C)C1CC[C@]2(O)C#N)OCCO3. The molecule has 5 atom stereocenters. The third-order valence-electron chi connectivity index (χ3n) is 8.64. The van der Waals surface area contributed by atoms with Crippen molar-refractivity contribution in [2.75, 3.05) is 13.2 Å². The summed E-state index contributed by atoms with van der Waals surface area (Å²) in [5, 5.41) is 20.6. The van der Waals surface area contributed by atoms with E-state index in [1.165, 1.54) is 5.57 Å². The monoisotopic (exact) mass is 355 g/mol. The van der Waals surface area contributed by atoms with Crippen LogP contribution >= 0.6 is 0 Å². The first-order valence-electron chi connectivity index (χ1n) is 10.2. The van der Waals surface area contributed by atoms with Gasteiger partial charge in [-0.2, -0.15) is 5.26 Å². The summed E-state index contributed by atoms with van der Waals surface area (Å²) in [4.78, 5) is 0. The van der Waals surface area contributed by atoms with Crippen molar-refractivity contribution in [1.29, 1.82) is 5.26 Å². The second-order valence-corrected chi connectivity index (χ2v) is 9.59. The van der Waals surface area contributed by atoms with Gasteiger partial charge in [0.05, 0.1) is 19.3 Å². The zero-order chi connectivity index (χ0) is 18.2. The van der Waals surface area contributed by atoms with Gasteiger partial charge < -0.3 is 14.6 Å². The van der Waals surface area contributed by atoms with E-state index in [4.69, 9.17) is 9.47 Å². The fourth-order valence-electron chi connectivity index (χ4n) is 6.85. The fraction of sp³-hybridized carbons (Fsp3) is 0.773. The Balaban J connectivity index is 1.51. The average molecular weight is 355 g/mol. The van der Waals surface area contributed by atoms with Gasteiger partial charge in [0.25, 0.3) is 0 Å². The molecule has 0 radical (unpaired) electrons. The third-order valence-corrected chi connectivity index (χ3v) is 8.64. The van der Waals surface area contributed by atoms with Crippen molar-refractivity contribution in [3.63, 3.8) is 0 Å². The topological polar surface area (TPSA) is 62.5 Å². The van der Waals surface area contributed by atoms with Crippen LogP contribution in [-0.4, -0.2) is 29.7 Å². The van der Waals surface area contributed by atoms with E-state index in [1.54, 1.807) is 5.57 Å². The Morgan fingerprint density at radius 1 is 1.15 bits per heavy atom. The number of aliphatic hydroxyl groups is 1. The summed E-state index contributed by atoms with van der Waals surface area (Å²) in [6, 6.07) is 2.25. The number of nitrogens with zero attached hydrogens (tertiary/aromatic N) is 1. The molecule has 140 valence electrons. The molecule has 4 aliphatic carbocycles. The normalized spacial score (nSPS) is 48.8. The quantitative estimate of drug-likeness (QED) is 0.529. The molecule has 0 aromatic heterocycles. The Morgan fingerprint density at radius 2 is 1.92 bits per heavy atom. The second kappa shape index (κ2) is 5.22. The number of rotatable bonds is 0. The summed E-state index contributed by atoms with van der Waals surface area (Å²) in [6.45, 7) is 5.95. The van der Waals surface area contributed by atoms with Crippen LogP contribution in [0.2, 0.25) is 0 Å². The molecule has 0 bridgehead atoms. The molecular formula is C22H29NO3. The van der Waals surface area contributed by atoms with Gasteiger partial charge in [0, 0.05) is 23.7 Å². The zero-order valence-corrected chi connectivity index (χ0v) is 15.9. The van der Waals surface area contributed by atoms with Gasteiger partial charge in [-0.1, -0.05) is 37.1 Å². The lowest BCUT2D eigenvalue weighted by Crippen LogP contribution is -2.51. The molecule has 1 aliphatic heterocycles. The number of ether oxygens (including phenoxy) is 2. The van der Waals surface area contributed by atoms with E-state index in [-0.39, 0.29) is 16.6 Å². The van der Waals surface area contributed by atoms with E-state index < -0.39 is 5.60 Å². The summed E-state index contributed by atoms with van der Waals surface area (Å²) in [5.41, 5.74) is 1.65. The van der Waals surface area contributed by atoms with Gasteiger partial charge in [0.1, 0.15) is 0 Å². The second-order valence-electron chi connectivity index (χ2n) is 9.59. The minimum Gasteiger partial charge on any atom is -0.375 e. The molecule has 0 amide bonds. The predicted octanol–water partition coefficient (Wildman–Crippen LogP) is 3.87. The number of hydrogen-bond acceptors (Lipinski definition) is 4. The van der Waals surface area contributed by atoms with Crippen molar-refractivity contribution >= 4 is 0 Å². The lowest BCUT2D eigenvalue weighted by molar-refractivity contribution is -0.175. The van der Waals surface area contributed by atoms with Gasteiger partial charge >= 0.3 is 0 Å². The molecule has 1 saturated heterocycles. The third kappa shape index (κ3) is 1.95. The Morgan fingerprint density at radius 3 is 2.65 bits per heavy atom. The summed E-state index contributed by atoms with van der Waals surface area (Å²) >= 11 is 0. The first-order valence-corrected chi connectivity index (χ1v) is 10.2. The Bertz CT molecular complexity index is 743. The van der Waals surface area contributed by atoms with Crippen molar-refractivity contribution in [2.24, 2.45) is 22.7 Å². The standard InChI is InChI=1S/C22H29NO3/c1-19-9-10-22(25-11-12-26-22)13-15(19)3-4-16-17(19)5-7-20(2)18(16)6-8-21(20,24)14-23/h3,5,16,18,24H,4,6-13H2,1-2H3/t16?,18?,19-,20-,21-/m0/s1. The van der Waals surface area contributed by atoms with E-state index in [9.17, 15) is 10.4 Å². The molecule has 5 rings (SSSR count). The van der Waals surface area contributed by atoms with Crippen LogP contribution in [0.5, 0.6) is 0 Å². The predicted molar refractivity (Wildman–Crippen MR) is 96.9 cm³/mol. The molecule has 2 saturated carbocycles. The highest BCUT2D eigenvalue weighted by Gasteiger charge is 2.62. The first-order chi connectivity index (χ1) is 12.4. The van der Waals surface area contributed by atoms with Crippen LogP contribution in [0.1, 0.15) is 58.8 Å². The summed E-state index contributed by atoms with van der Waals surface area (Å²) in [7, 11) is 0. The van der Waals surface area contributed by atoms with E-state index in [2.05, 4.69) is 32.1 Å². The van der Waals surface area contributed by atoms with E-state index in [0.717, 1.165) is 38.5 Å². The lowest BCUT2D eigenvalue weighted by Gasteiger charge is -2.55. The summed E-state index contributed by atoms with van der Waals surface area (Å²) < 4.78 is 12.0. The molecule has 3 fully saturated rings. The van der Waals surface area contributed by atoms with E-state index >= 15 is 0 Å². The van der Waals surface area contributed by atoms with Crippen molar-refractivity contribution in [3.8, 4) is 6.07 Å². The molecule has 2 unspecified atom stereocenters. The van der Waals surface area contributed by atoms with Crippen molar-refractivity contribution < 1.29 is 14.6 Å². The van der Waals surface area contributed by atoms with Crippen LogP contribution in [0.25, 0.3) is 0 Å². The maximum absolute atomic E-state index is 10.9. The van der Waals surface area contributed by atoms with Gasteiger partial charge in [-0.15, -0.1) is 0 Å². The summed E-state index contributed by atoms with van der Waals surface area (Å²) in [5.74, 6) is 0.483. The molecule has 4 nitrogen and oxygen atoms in total. The Labute approximate surface area is 155 Å². The Kier molecular flexibility index (Phi) is 3.41. The van der Waals surface area contributed by atoms with Crippen molar-refractivity contribution in [2.45, 2.75) is 70.2 Å². The van der Waals surface area contributed by atoms with Crippen LogP contribution in [-0.2, 0) is 9.47 Å². The first kappa shape index (κ1) is 17.0. The molecular weight excluding hydrogens is 326 g/mol. The molecule has 0 aromatic carbocycles.